The lowest BCUT2D eigenvalue weighted by atomic mass is 10.1. The first-order chi connectivity index (χ1) is 14.0. The van der Waals surface area contributed by atoms with E-state index in [-0.39, 0.29) is 17.7 Å². The number of hydrogen-bond donors (Lipinski definition) is 3. The second-order valence-electron chi connectivity index (χ2n) is 6.78. The third-order valence-electron chi connectivity index (χ3n) is 4.21. The summed E-state index contributed by atoms with van der Waals surface area (Å²) in [4.78, 5) is 12.6. The molecule has 0 aliphatic carbocycles. The quantitative estimate of drug-likeness (QED) is 0.304. The molecule has 0 radical (unpaired) electrons. The smallest absolute Gasteiger partial charge is 0.198 e. The van der Waals surface area contributed by atoms with Crippen molar-refractivity contribution in [2.24, 2.45) is 10.7 Å². The van der Waals surface area contributed by atoms with Crippen LogP contribution in [0.1, 0.15) is 31.3 Å². The van der Waals surface area contributed by atoms with Crippen molar-refractivity contribution in [3.8, 4) is 11.3 Å². The summed E-state index contributed by atoms with van der Waals surface area (Å²) in [6.07, 6.45) is 3.37. The van der Waals surface area contributed by atoms with Gasteiger partial charge in [-0.2, -0.15) is 0 Å². The molecule has 0 aliphatic rings. The molecule has 1 heterocycles. The standard InChI is InChI=1S/C23H24FN5/c1-4-8-19(27-23(25)26-18-9-6-5-7-10-18)21-20(28-22(29-21)15(2)3)16-11-13-17(24)14-12-16/h4-15H,1H2,2-3H3,(H,28,29)(H3,25,26,27)/b19-8-. The van der Waals surface area contributed by atoms with Crippen LogP contribution in [0.25, 0.3) is 17.0 Å². The third-order valence-corrected chi connectivity index (χ3v) is 4.21. The number of rotatable bonds is 6. The van der Waals surface area contributed by atoms with Gasteiger partial charge in [-0.1, -0.05) is 44.7 Å². The predicted octanol–water partition coefficient (Wildman–Crippen LogP) is 5.29. The van der Waals surface area contributed by atoms with E-state index in [1.807, 2.05) is 44.2 Å². The monoisotopic (exact) mass is 389 g/mol. The number of aliphatic imine (C=N–C) groups is 1. The van der Waals surface area contributed by atoms with E-state index < -0.39 is 0 Å². The first kappa shape index (κ1) is 20.1. The van der Waals surface area contributed by atoms with Gasteiger partial charge in [-0.15, -0.1) is 0 Å². The molecule has 3 rings (SSSR count). The molecule has 6 heteroatoms. The molecule has 0 atom stereocenters. The third kappa shape index (κ3) is 4.99. The summed E-state index contributed by atoms with van der Waals surface area (Å²) < 4.78 is 13.4. The molecule has 2 aromatic carbocycles. The Kier molecular flexibility index (Phi) is 6.24. The topological polar surface area (TPSA) is 79.1 Å². The number of halogens is 1. The number of aromatic amines is 1. The largest absolute Gasteiger partial charge is 0.369 e. The molecule has 0 amide bonds. The Labute approximate surface area is 169 Å². The summed E-state index contributed by atoms with van der Waals surface area (Å²) in [5, 5.41) is 3.06. The number of benzene rings is 2. The number of H-pyrrole nitrogens is 1. The second kappa shape index (κ2) is 9.01. The first-order valence-corrected chi connectivity index (χ1v) is 9.33. The molecule has 0 unspecified atom stereocenters. The van der Waals surface area contributed by atoms with Crippen LogP contribution in [0.5, 0.6) is 0 Å². The van der Waals surface area contributed by atoms with E-state index >= 15 is 0 Å². The number of nitrogens with one attached hydrogen (secondary N) is 2. The molecule has 0 fully saturated rings. The minimum Gasteiger partial charge on any atom is -0.369 e. The Morgan fingerprint density at radius 2 is 1.86 bits per heavy atom. The number of aromatic nitrogens is 2. The van der Waals surface area contributed by atoms with Crippen molar-refractivity contribution in [2.45, 2.75) is 19.8 Å². The number of nitrogens with two attached hydrogens (primary N) is 1. The van der Waals surface area contributed by atoms with Gasteiger partial charge in [-0.05, 0) is 42.5 Å². The van der Waals surface area contributed by atoms with E-state index in [0.717, 1.165) is 22.8 Å². The first-order valence-electron chi connectivity index (χ1n) is 9.33. The van der Waals surface area contributed by atoms with Crippen LogP contribution in [0.3, 0.4) is 0 Å². The van der Waals surface area contributed by atoms with E-state index in [2.05, 4.69) is 21.9 Å². The predicted molar refractivity (Wildman–Crippen MR) is 118 cm³/mol. The van der Waals surface area contributed by atoms with Gasteiger partial charge in [0.2, 0.25) is 0 Å². The number of allylic oxidation sites excluding steroid dienone is 2. The summed E-state index contributed by atoms with van der Waals surface area (Å²) in [6.45, 7) is 7.87. The molecule has 4 N–H and O–H groups in total. The van der Waals surface area contributed by atoms with Crippen molar-refractivity contribution in [3.05, 3.63) is 90.7 Å². The lowest BCUT2D eigenvalue weighted by Gasteiger charge is -2.07. The van der Waals surface area contributed by atoms with Gasteiger partial charge in [0.1, 0.15) is 17.3 Å². The number of guanidine groups is 1. The average molecular weight is 389 g/mol. The Morgan fingerprint density at radius 3 is 2.48 bits per heavy atom. The number of hydrogen-bond acceptors (Lipinski definition) is 2. The number of nitrogens with zero attached hydrogens (tertiary/aromatic N) is 2. The summed E-state index contributed by atoms with van der Waals surface area (Å²) in [5.74, 6) is 0.911. The van der Waals surface area contributed by atoms with E-state index in [9.17, 15) is 4.39 Å². The highest BCUT2D eigenvalue weighted by molar-refractivity contribution is 5.96. The van der Waals surface area contributed by atoms with Crippen LogP contribution < -0.4 is 11.1 Å². The molecular formula is C23H24FN5. The molecule has 5 nitrogen and oxygen atoms in total. The van der Waals surface area contributed by atoms with Gasteiger partial charge in [0.15, 0.2) is 5.96 Å². The summed E-state index contributed by atoms with van der Waals surface area (Å²) in [6, 6.07) is 15.8. The molecule has 0 saturated carbocycles. The van der Waals surface area contributed by atoms with E-state index in [0.29, 0.717) is 11.4 Å². The van der Waals surface area contributed by atoms with Gasteiger partial charge in [0, 0.05) is 17.2 Å². The van der Waals surface area contributed by atoms with Gasteiger partial charge in [-0.25, -0.2) is 14.4 Å². The fraction of sp³-hybridized carbons (Fsp3) is 0.130. The van der Waals surface area contributed by atoms with Gasteiger partial charge in [-0.3, -0.25) is 0 Å². The molecule has 148 valence electrons. The van der Waals surface area contributed by atoms with Crippen molar-refractivity contribution in [3.63, 3.8) is 0 Å². The van der Waals surface area contributed by atoms with Crippen LogP contribution in [0, 0.1) is 5.82 Å². The molecule has 0 bridgehead atoms. The lowest BCUT2D eigenvalue weighted by molar-refractivity contribution is 0.628. The minimum atomic E-state index is -0.296. The van der Waals surface area contributed by atoms with Crippen LogP contribution in [0.15, 0.2) is 78.3 Å². The molecular weight excluding hydrogens is 365 g/mol. The fourth-order valence-electron chi connectivity index (χ4n) is 2.78. The van der Waals surface area contributed by atoms with Gasteiger partial charge in [0.05, 0.1) is 11.4 Å². The molecule has 0 spiro atoms. The maximum absolute atomic E-state index is 13.4. The molecule has 3 aromatic rings. The van der Waals surface area contributed by atoms with Gasteiger partial charge < -0.3 is 16.0 Å². The summed E-state index contributed by atoms with van der Waals surface area (Å²) in [7, 11) is 0. The Bertz CT molecular complexity index is 1030. The zero-order valence-corrected chi connectivity index (χ0v) is 16.5. The van der Waals surface area contributed by atoms with Crippen molar-refractivity contribution >= 4 is 17.3 Å². The van der Waals surface area contributed by atoms with Crippen molar-refractivity contribution in [2.75, 3.05) is 5.32 Å². The maximum atomic E-state index is 13.4. The Morgan fingerprint density at radius 1 is 1.17 bits per heavy atom. The Hall–Kier alpha value is -3.67. The highest BCUT2D eigenvalue weighted by Crippen LogP contribution is 2.30. The average Bonchev–Trinajstić information content (AvgIpc) is 3.15. The van der Waals surface area contributed by atoms with Crippen LogP contribution in [-0.2, 0) is 0 Å². The number of para-hydroxylation sites is 1. The van der Waals surface area contributed by atoms with E-state index in [1.165, 1.54) is 12.1 Å². The molecule has 1 aromatic heterocycles. The van der Waals surface area contributed by atoms with Crippen LogP contribution in [0.2, 0.25) is 0 Å². The SMILES string of the molecule is C=C/C=C(\N=C(/N)Nc1ccccc1)c1nc(C(C)C)[nH]c1-c1ccc(F)cc1. The van der Waals surface area contributed by atoms with Crippen molar-refractivity contribution in [1.29, 1.82) is 0 Å². The number of anilines is 1. The minimum absolute atomic E-state index is 0.177. The summed E-state index contributed by atoms with van der Waals surface area (Å²) >= 11 is 0. The molecule has 0 aliphatic heterocycles. The zero-order valence-electron chi connectivity index (χ0n) is 16.5. The van der Waals surface area contributed by atoms with Crippen LogP contribution in [-0.4, -0.2) is 15.9 Å². The summed E-state index contributed by atoms with van der Waals surface area (Å²) in [5.41, 5.74) is 9.68. The van der Waals surface area contributed by atoms with E-state index in [4.69, 9.17) is 10.7 Å². The zero-order chi connectivity index (χ0) is 20.8. The van der Waals surface area contributed by atoms with Crippen LogP contribution >= 0.6 is 0 Å². The molecule has 0 saturated heterocycles. The van der Waals surface area contributed by atoms with Gasteiger partial charge in [0.25, 0.3) is 0 Å². The molecule has 29 heavy (non-hydrogen) atoms. The Balaban J connectivity index is 2.04. The normalized spacial score (nSPS) is 12.3. The highest BCUT2D eigenvalue weighted by Gasteiger charge is 2.18. The van der Waals surface area contributed by atoms with Gasteiger partial charge >= 0.3 is 0 Å². The van der Waals surface area contributed by atoms with E-state index in [1.54, 1.807) is 24.3 Å². The fourth-order valence-corrected chi connectivity index (χ4v) is 2.78. The van der Waals surface area contributed by atoms with Crippen molar-refractivity contribution in [1.82, 2.24) is 9.97 Å². The second-order valence-corrected chi connectivity index (χ2v) is 6.78. The lowest BCUT2D eigenvalue weighted by Crippen LogP contribution is -2.22. The van der Waals surface area contributed by atoms with Crippen LogP contribution in [0.4, 0.5) is 10.1 Å². The number of imidazole rings is 1. The maximum Gasteiger partial charge on any atom is 0.198 e. The highest BCUT2D eigenvalue weighted by atomic mass is 19.1. The van der Waals surface area contributed by atoms with Crippen molar-refractivity contribution < 1.29 is 4.39 Å².